The van der Waals surface area contributed by atoms with Gasteiger partial charge in [0.15, 0.2) is 0 Å². The molecule has 3 aromatic rings. The largest absolute Gasteiger partial charge is 0.467 e. The highest BCUT2D eigenvalue weighted by molar-refractivity contribution is 6.02. The van der Waals surface area contributed by atoms with Crippen LogP contribution in [0.2, 0.25) is 0 Å². The van der Waals surface area contributed by atoms with E-state index in [2.05, 4.69) is 35.6 Å². The van der Waals surface area contributed by atoms with Crippen molar-refractivity contribution in [3.8, 4) is 0 Å². The fourth-order valence-electron chi connectivity index (χ4n) is 3.21. The van der Waals surface area contributed by atoms with Crippen molar-refractivity contribution >= 4 is 33.4 Å². The molecule has 1 N–H and O–H groups in total. The third kappa shape index (κ3) is 3.54. The molecule has 3 rings (SSSR count). The summed E-state index contributed by atoms with van der Waals surface area (Å²) in [4.78, 5) is 24.5. The van der Waals surface area contributed by atoms with Crippen LogP contribution in [-0.2, 0) is 20.7 Å². The number of carbonyl (C=O) groups excluding carboxylic acids is 2. The minimum atomic E-state index is -0.718. The van der Waals surface area contributed by atoms with E-state index in [1.165, 1.54) is 7.11 Å². The van der Waals surface area contributed by atoms with Gasteiger partial charge in [0.25, 0.3) is 0 Å². The van der Waals surface area contributed by atoms with Crippen LogP contribution in [0.15, 0.2) is 54.6 Å². The lowest BCUT2D eigenvalue weighted by Gasteiger charge is -2.20. The standard InChI is InChI=1S/C22H23NO3/c1-14(2)21(24)23-20(22(25)26-3)13-19-17-10-6-4-8-15(17)12-16-9-5-7-11-18(16)19/h4-12,14,20H,13H2,1-3H3,(H,23,24)/t20-/m1/s1. The zero-order chi connectivity index (χ0) is 18.7. The van der Waals surface area contributed by atoms with E-state index in [4.69, 9.17) is 4.74 Å². The first-order chi connectivity index (χ1) is 12.5. The molecule has 0 spiro atoms. The maximum Gasteiger partial charge on any atom is 0.328 e. The Morgan fingerprint density at radius 2 is 1.50 bits per heavy atom. The second kappa shape index (κ2) is 7.56. The van der Waals surface area contributed by atoms with Crippen LogP contribution < -0.4 is 5.32 Å². The van der Waals surface area contributed by atoms with Crippen LogP contribution in [0.5, 0.6) is 0 Å². The third-order valence-electron chi connectivity index (χ3n) is 4.62. The summed E-state index contributed by atoms with van der Waals surface area (Å²) in [7, 11) is 1.35. The van der Waals surface area contributed by atoms with Crippen LogP contribution in [0.3, 0.4) is 0 Å². The van der Waals surface area contributed by atoms with Gasteiger partial charge in [0.1, 0.15) is 6.04 Å². The van der Waals surface area contributed by atoms with Crippen molar-refractivity contribution in [1.29, 1.82) is 0 Å². The lowest BCUT2D eigenvalue weighted by molar-refractivity contribution is -0.145. The van der Waals surface area contributed by atoms with Gasteiger partial charge >= 0.3 is 5.97 Å². The van der Waals surface area contributed by atoms with Crippen molar-refractivity contribution in [3.05, 3.63) is 60.2 Å². The fraction of sp³-hybridized carbons (Fsp3) is 0.273. The number of nitrogens with one attached hydrogen (secondary N) is 1. The normalized spacial score (nSPS) is 12.3. The number of hydrogen-bond donors (Lipinski definition) is 1. The number of hydrogen-bond acceptors (Lipinski definition) is 3. The smallest absolute Gasteiger partial charge is 0.328 e. The van der Waals surface area contributed by atoms with Crippen molar-refractivity contribution < 1.29 is 14.3 Å². The molecule has 0 aliphatic carbocycles. The number of ether oxygens (including phenoxy) is 1. The fourth-order valence-corrected chi connectivity index (χ4v) is 3.21. The third-order valence-corrected chi connectivity index (χ3v) is 4.62. The summed E-state index contributed by atoms with van der Waals surface area (Å²) < 4.78 is 4.94. The number of carbonyl (C=O) groups is 2. The van der Waals surface area contributed by atoms with Gasteiger partial charge in [0.2, 0.25) is 5.91 Å². The predicted molar refractivity (Wildman–Crippen MR) is 104 cm³/mol. The Morgan fingerprint density at radius 3 is 2.00 bits per heavy atom. The van der Waals surface area contributed by atoms with E-state index in [9.17, 15) is 9.59 Å². The summed E-state index contributed by atoms with van der Waals surface area (Å²) in [5.74, 6) is -0.799. The molecular formula is C22H23NO3. The Hall–Kier alpha value is -2.88. The second-order valence-corrected chi connectivity index (χ2v) is 6.74. The van der Waals surface area contributed by atoms with Crippen LogP contribution in [0.4, 0.5) is 0 Å². The molecule has 0 aromatic heterocycles. The topological polar surface area (TPSA) is 55.4 Å². The Morgan fingerprint density at radius 1 is 0.962 bits per heavy atom. The molecule has 3 aromatic carbocycles. The number of rotatable bonds is 5. The lowest BCUT2D eigenvalue weighted by Crippen LogP contribution is -2.44. The SMILES string of the molecule is COC(=O)[C@@H](Cc1c2ccccc2cc2ccccc12)NC(=O)C(C)C. The summed E-state index contributed by atoms with van der Waals surface area (Å²) in [5.41, 5.74) is 1.04. The van der Waals surface area contributed by atoms with Crippen LogP contribution >= 0.6 is 0 Å². The first kappa shape index (κ1) is 17.9. The summed E-state index contributed by atoms with van der Waals surface area (Å²) in [6.45, 7) is 3.61. The second-order valence-electron chi connectivity index (χ2n) is 6.74. The minimum Gasteiger partial charge on any atom is -0.467 e. The van der Waals surface area contributed by atoms with Crippen molar-refractivity contribution in [2.45, 2.75) is 26.3 Å². The highest BCUT2D eigenvalue weighted by Crippen LogP contribution is 2.29. The van der Waals surface area contributed by atoms with E-state index in [0.29, 0.717) is 6.42 Å². The number of benzene rings is 3. The molecule has 0 aliphatic heterocycles. The summed E-state index contributed by atoms with van der Waals surface area (Å²) in [6.07, 6.45) is 0.382. The van der Waals surface area contributed by atoms with Crippen molar-refractivity contribution in [3.63, 3.8) is 0 Å². The lowest BCUT2D eigenvalue weighted by atomic mass is 9.92. The average Bonchev–Trinajstić information content (AvgIpc) is 2.66. The molecular weight excluding hydrogens is 326 g/mol. The predicted octanol–water partition coefficient (Wildman–Crippen LogP) is 3.85. The van der Waals surface area contributed by atoms with E-state index in [0.717, 1.165) is 27.1 Å². The molecule has 0 unspecified atom stereocenters. The summed E-state index contributed by atoms with van der Waals surface area (Å²) >= 11 is 0. The van der Waals surface area contributed by atoms with Crippen molar-refractivity contribution in [2.75, 3.05) is 7.11 Å². The molecule has 0 heterocycles. The molecule has 4 nitrogen and oxygen atoms in total. The zero-order valence-electron chi connectivity index (χ0n) is 15.3. The first-order valence-corrected chi connectivity index (χ1v) is 8.79. The van der Waals surface area contributed by atoms with Gasteiger partial charge in [-0.1, -0.05) is 62.4 Å². The minimum absolute atomic E-state index is 0.162. The molecule has 0 bridgehead atoms. The van der Waals surface area contributed by atoms with E-state index >= 15 is 0 Å². The molecule has 0 saturated carbocycles. The number of amides is 1. The van der Waals surface area contributed by atoms with Crippen LogP contribution in [-0.4, -0.2) is 25.0 Å². The average molecular weight is 349 g/mol. The summed E-state index contributed by atoms with van der Waals surface area (Å²) in [6, 6.07) is 17.6. The van der Waals surface area contributed by atoms with E-state index in [1.807, 2.05) is 24.3 Å². The van der Waals surface area contributed by atoms with E-state index in [-0.39, 0.29) is 11.8 Å². The molecule has 0 saturated heterocycles. The number of methoxy groups -OCH3 is 1. The highest BCUT2D eigenvalue weighted by atomic mass is 16.5. The van der Waals surface area contributed by atoms with Gasteiger partial charge in [0, 0.05) is 12.3 Å². The summed E-state index contributed by atoms with van der Waals surface area (Å²) in [5, 5.41) is 7.22. The first-order valence-electron chi connectivity index (χ1n) is 8.79. The van der Waals surface area contributed by atoms with Gasteiger partial charge in [0.05, 0.1) is 7.11 Å². The molecule has 1 amide bonds. The van der Waals surface area contributed by atoms with E-state index < -0.39 is 12.0 Å². The van der Waals surface area contributed by atoms with Gasteiger partial charge in [-0.15, -0.1) is 0 Å². The van der Waals surface area contributed by atoms with Gasteiger partial charge in [-0.05, 0) is 33.2 Å². The van der Waals surface area contributed by atoms with Crippen LogP contribution in [0.1, 0.15) is 19.4 Å². The number of esters is 1. The maximum atomic E-state index is 12.3. The monoisotopic (exact) mass is 349 g/mol. The quantitative estimate of drug-likeness (QED) is 0.562. The maximum absolute atomic E-state index is 12.3. The molecule has 0 aliphatic rings. The van der Waals surface area contributed by atoms with Gasteiger partial charge in [-0.3, -0.25) is 4.79 Å². The van der Waals surface area contributed by atoms with Gasteiger partial charge < -0.3 is 10.1 Å². The molecule has 4 heteroatoms. The Balaban J connectivity index is 2.11. The Kier molecular flexibility index (Phi) is 5.21. The molecule has 0 radical (unpaired) electrons. The molecule has 26 heavy (non-hydrogen) atoms. The zero-order valence-corrected chi connectivity index (χ0v) is 15.3. The number of fused-ring (bicyclic) bond motifs is 2. The molecule has 1 atom stereocenters. The molecule has 0 fully saturated rings. The van der Waals surface area contributed by atoms with Crippen molar-refractivity contribution in [2.24, 2.45) is 5.92 Å². The van der Waals surface area contributed by atoms with Gasteiger partial charge in [-0.2, -0.15) is 0 Å². The Bertz CT molecular complexity index is 908. The van der Waals surface area contributed by atoms with E-state index in [1.54, 1.807) is 13.8 Å². The molecule has 134 valence electrons. The van der Waals surface area contributed by atoms with Crippen LogP contribution in [0, 0.1) is 5.92 Å². The van der Waals surface area contributed by atoms with Crippen molar-refractivity contribution in [1.82, 2.24) is 5.32 Å². The Labute approximate surface area is 153 Å². The van der Waals surface area contributed by atoms with Gasteiger partial charge in [-0.25, -0.2) is 4.79 Å². The van der Waals surface area contributed by atoms with Crippen LogP contribution in [0.25, 0.3) is 21.5 Å². The highest BCUT2D eigenvalue weighted by Gasteiger charge is 2.24.